The van der Waals surface area contributed by atoms with E-state index in [-0.39, 0.29) is 0 Å². The third kappa shape index (κ3) is 4.21. The first-order valence-corrected chi connectivity index (χ1v) is 8.28. The van der Waals surface area contributed by atoms with Crippen molar-refractivity contribution in [3.8, 4) is 5.75 Å². The maximum Gasteiger partial charge on any atom is 0.119 e. The van der Waals surface area contributed by atoms with Crippen LogP contribution in [0.5, 0.6) is 5.75 Å². The number of benzene rings is 1. The van der Waals surface area contributed by atoms with Gasteiger partial charge in [0.25, 0.3) is 0 Å². The van der Waals surface area contributed by atoms with Crippen LogP contribution >= 0.6 is 0 Å². The Bertz CT molecular complexity index is 425. The van der Waals surface area contributed by atoms with E-state index in [9.17, 15) is 0 Å². The van der Waals surface area contributed by atoms with Crippen molar-refractivity contribution in [2.45, 2.75) is 58.2 Å². The molecule has 2 rings (SSSR count). The highest BCUT2D eigenvalue weighted by atomic mass is 16.5. The highest BCUT2D eigenvalue weighted by molar-refractivity contribution is 5.30. The zero-order chi connectivity index (χ0) is 15.2. The van der Waals surface area contributed by atoms with E-state index in [4.69, 9.17) is 4.74 Å². The number of piperidine rings is 1. The molecule has 0 saturated carbocycles. The van der Waals surface area contributed by atoms with Gasteiger partial charge in [0.2, 0.25) is 0 Å². The molecular weight excluding hydrogens is 260 g/mol. The van der Waals surface area contributed by atoms with E-state index in [0.717, 1.165) is 18.8 Å². The summed E-state index contributed by atoms with van der Waals surface area (Å²) >= 11 is 0. The van der Waals surface area contributed by atoms with Gasteiger partial charge in [0, 0.05) is 24.7 Å². The summed E-state index contributed by atoms with van der Waals surface area (Å²) in [4.78, 5) is 2.66. The van der Waals surface area contributed by atoms with Crippen LogP contribution in [0.15, 0.2) is 24.3 Å². The molecule has 1 heterocycles. The Labute approximate surface area is 129 Å². The van der Waals surface area contributed by atoms with E-state index >= 15 is 0 Å². The van der Waals surface area contributed by atoms with Crippen molar-refractivity contribution in [1.82, 2.24) is 10.2 Å². The van der Waals surface area contributed by atoms with E-state index in [0.29, 0.717) is 18.1 Å². The Morgan fingerprint density at radius 2 is 2.00 bits per heavy atom. The summed E-state index contributed by atoms with van der Waals surface area (Å²) in [5, 5.41) is 3.64. The predicted molar refractivity (Wildman–Crippen MR) is 88.9 cm³/mol. The number of likely N-dealkylation sites (tertiary alicyclic amines) is 1. The number of methoxy groups -OCH3 is 1. The fourth-order valence-electron chi connectivity index (χ4n) is 3.44. The summed E-state index contributed by atoms with van der Waals surface area (Å²) in [6, 6.07) is 10.2. The van der Waals surface area contributed by atoms with Gasteiger partial charge in [0.1, 0.15) is 5.75 Å². The summed E-state index contributed by atoms with van der Waals surface area (Å²) in [5.74, 6) is 0.940. The number of likely N-dealkylation sites (N-methyl/N-ethyl adjacent to an activating group) is 1. The Hall–Kier alpha value is -1.06. The molecule has 21 heavy (non-hydrogen) atoms. The Morgan fingerprint density at radius 3 is 2.62 bits per heavy atom. The summed E-state index contributed by atoms with van der Waals surface area (Å²) < 4.78 is 5.37. The Balaban J connectivity index is 2.14. The lowest BCUT2D eigenvalue weighted by molar-refractivity contribution is 0.0910. The zero-order valence-corrected chi connectivity index (χ0v) is 13.9. The zero-order valence-electron chi connectivity index (χ0n) is 13.9. The smallest absolute Gasteiger partial charge is 0.119 e. The van der Waals surface area contributed by atoms with Gasteiger partial charge >= 0.3 is 0 Å². The lowest BCUT2D eigenvalue weighted by atomic mass is 9.95. The summed E-state index contributed by atoms with van der Waals surface area (Å²) in [6.45, 7) is 8.96. The van der Waals surface area contributed by atoms with Gasteiger partial charge in [-0.3, -0.25) is 4.90 Å². The topological polar surface area (TPSA) is 24.5 Å². The van der Waals surface area contributed by atoms with Crippen LogP contribution in [-0.4, -0.2) is 37.2 Å². The van der Waals surface area contributed by atoms with Gasteiger partial charge in [0.15, 0.2) is 0 Å². The van der Waals surface area contributed by atoms with Crippen LogP contribution in [-0.2, 0) is 0 Å². The van der Waals surface area contributed by atoms with Crippen LogP contribution < -0.4 is 10.1 Å². The van der Waals surface area contributed by atoms with Crippen LogP contribution in [0.2, 0.25) is 0 Å². The molecule has 0 bridgehead atoms. The highest BCUT2D eigenvalue weighted by Crippen LogP contribution is 2.27. The molecule has 0 spiro atoms. The molecule has 0 aliphatic carbocycles. The standard InChI is InChI=1S/C18H30N2O/c1-5-19-18(16-10-7-11-17(12-16)21-4)13-20-14(2)8-6-9-15(20)3/h7,10-12,14-15,18-19H,5-6,8-9,13H2,1-4H3. The van der Waals surface area contributed by atoms with Gasteiger partial charge in [-0.2, -0.15) is 0 Å². The molecule has 1 fully saturated rings. The van der Waals surface area contributed by atoms with Crippen LogP contribution in [0.3, 0.4) is 0 Å². The fourth-order valence-corrected chi connectivity index (χ4v) is 3.44. The number of nitrogens with one attached hydrogen (secondary N) is 1. The van der Waals surface area contributed by atoms with Gasteiger partial charge in [-0.05, 0) is 50.9 Å². The molecule has 1 aromatic carbocycles. The first kappa shape index (κ1) is 16.3. The maximum atomic E-state index is 5.37. The van der Waals surface area contributed by atoms with Gasteiger partial charge in [-0.1, -0.05) is 25.5 Å². The van der Waals surface area contributed by atoms with Gasteiger partial charge in [-0.25, -0.2) is 0 Å². The fraction of sp³-hybridized carbons (Fsp3) is 0.667. The third-order valence-electron chi connectivity index (χ3n) is 4.72. The van der Waals surface area contributed by atoms with Gasteiger partial charge in [-0.15, -0.1) is 0 Å². The predicted octanol–water partition coefficient (Wildman–Crippen LogP) is 3.61. The molecule has 1 aliphatic rings. The van der Waals surface area contributed by atoms with Crippen LogP contribution in [0.1, 0.15) is 51.6 Å². The van der Waals surface area contributed by atoms with E-state index in [1.807, 2.05) is 6.07 Å². The van der Waals surface area contributed by atoms with Crippen LogP contribution in [0.25, 0.3) is 0 Å². The van der Waals surface area contributed by atoms with Crippen molar-refractivity contribution < 1.29 is 4.74 Å². The molecular formula is C18H30N2O. The van der Waals surface area contributed by atoms with Gasteiger partial charge < -0.3 is 10.1 Å². The second kappa shape index (κ2) is 7.81. The normalized spacial score (nSPS) is 24.8. The molecule has 3 atom stereocenters. The average molecular weight is 290 g/mol. The third-order valence-corrected chi connectivity index (χ3v) is 4.72. The average Bonchev–Trinajstić information content (AvgIpc) is 2.50. The lowest BCUT2D eigenvalue weighted by Gasteiger charge is -2.41. The summed E-state index contributed by atoms with van der Waals surface area (Å²) in [6.07, 6.45) is 4.01. The number of nitrogens with zero attached hydrogens (tertiary/aromatic N) is 1. The molecule has 1 aromatic rings. The molecule has 0 aromatic heterocycles. The van der Waals surface area contributed by atoms with Crippen molar-refractivity contribution in [3.63, 3.8) is 0 Å². The van der Waals surface area contributed by atoms with E-state index in [1.54, 1.807) is 7.11 Å². The van der Waals surface area contributed by atoms with Crippen molar-refractivity contribution in [2.75, 3.05) is 20.2 Å². The molecule has 0 amide bonds. The first-order chi connectivity index (χ1) is 10.2. The second-order valence-corrected chi connectivity index (χ2v) is 6.21. The number of hydrogen-bond donors (Lipinski definition) is 1. The Morgan fingerprint density at radius 1 is 1.29 bits per heavy atom. The largest absolute Gasteiger partial charge is 0.497 e. The second-order valence-electron chi connectivity index (χ2n) is 6.21. The van der Waals surface area contributed by atoms with E-state index in [2.05, 4.69) is 49.2 Å². The molecule has 3 unspecified atom stereocenters. The molecule has 1 aliphatic heterocycles. The number of hydrogen-bond acceptors (Lipinski definition) is 3. The molecule has 0 radical (unpaired) electrons. The van der Waals surface area contributed by atoms with Crippen LogP contribution in [0.4, 0.5) is 0 Å². The molecule has 1 N–H and O–H groups in total. The van der Waals surface area contributed by atoms with E-state index < -0.39 is 0 Å². The minimum Gasteiger partial charge on any atom is -0.497 e. The van der Waals surface area contributed by atoms with E-state index in [1.165, 1.54) is 24.8 Å². The molecule has 3 heteroatoms. The summed E-state index contributed by atoms with van der Waals surface area (Å²) in [5.41, 5.74) is 1.32. The van der Waals surface area contributed by atoms with Crippen molar-refractivity contribution in [3.05, 3.63) is 29.8 Å². The number of ether oxygens (including phenoxy) is 1. The minimum atomic E-state index is 0.369. The molecule has 3 nitrogen and oxygen atoms in total. The van der Waals surface area contributed by atoms with Crippen molar-refractivity contribution in [2.24, 2.45) is 0 Å². The highest BCUT2D eigenvalue weighted by Gasteiger charge is 2.27. The van der Waals surface area contributed by atoms with Crippen LogP contribution in [0, 0.1) is 0 Å². The lowest BCUT2D eigenvalue weighted by Crippen LogP contribution is -2.47. The minimum absolute atomic E-state index is 0.369. The first-order valence-electron chi connectivity index (χ1n) is 8.28. The quantitative estimate of drug-likeness (QED) is 0.866. The van der Waals surface area contributed by atoms with Crippen molar-refractivity contribution >= 4 is 0 Å². The maximum absolute atomic E-state index is 5.37. The number of rotatable bonds is 6. The summed E-state index contributed by atoms with van der Waals surface area (Å²) in [7, 11) is 1.73. The Kier molecular flexibility index (Phi) is 6.07. The molecule has 1 saturated heterocycles. The van der Waals surface area contributed by atoms with Crippen molar-refractivity contribution in [1.29, 1.82) is 0 Å². The monoisotopic (exact) mass is 290 g/mol. The molecule has 118 valence electrons. The SMILES string of the molecule is CCNC(CN1C(C)CCCC1C)c1cccc(OC)c1. The van der Waals surface area contributed by atoms with Gasteiger partial charge in [0.05, 0.1) is 7.11 Å².